The Morgan fingerprint density at radius 1 is 1.86 bits per heavy atom. The second kappa shape index (κ2) is 5.21. The molecule has 0 aliphatic carbocycles. The van der Waals surface area contributed by atoms with Gasteiger partial charge in [-0.3, -0.25) is 0 Å². The minimum atomic E-state index is 0.615. The zero-order valence-electron chi connectivity index (χ0n) is 4.42. The monoisotopic (exact) mass is 99.1 g/mol. The van der Waals surface area contributed by atoms with Crippen LogP contribution in [-0.4, -0.2) is 12.8 Å². The Labute approximate surface area is 43.5 Å². The predicted octanol–water partition coefficient (Wildman–Crippen LogP) is 1.19. The van der Waals surface area contributed by atoms with Crippen molar-refractivity contribution < 1.29 is 4.84 Å². The van der Waals surface area contributed by atoms with Gasteiger partial charge >= 0.3 is 0 Å². The number of hydrogen-bond donors (Lipinski definition) is 0. The van der Waals surface area contributed by atoms with Gasteiger partial charge in [0, 0.05) is 0 Å². The van der Waals surface area contributed by atoms with Crippen LogP contribution in [0.5, 0.6) is 0 Å². The fourth-order valence-electron chi connectivity index (χ4n) is 0.161. The average molecular weight is 99.1 g/mol. The maximum atomic E-state index is 4.57. The molecule has 0 N–H and O–H groups in total. The van der Waals surface area contributed by atoms with E-state index in [4.69, 9.17) is 0 Å². The van der Waals surface area contributed by atoms with E-state index in [1.54, 1.807) is 6.08 Å². The van der Waals surface area contributed by atoms with E-state index < -0.39 is 0 Å². The van der Waals surface area contributed by atoms with Crippen molar-refractivity contribution in [3.8, 4) is 0 Å². The minimum absolute atomic E-state index is 0.615. The average Bonchev–Trinajstić information content (AvgIpc) is 1.69. The molecule has 7 heavy (non-hydrogen) atoms. The van der Waals surface area contributed by atoms with Gasteiger partial charge in [0.1, 0.15) is 6.61 Å². The van der Waals surface area contributed by atoms with Gasteiger partial charge in [-0.05, 0) is 13.0 Å². The van der Waals surface area contributed by atoms with Crippen molar-refractivity contribution >= 4 is 6.21 Å². The second-order valence-corrected chi connectivity index (χ2v) is 0.908. The molecule has 0 spiro atoms. The van der Waals surface area contributed by atoms with Crippen LogP contribution in [0.15, 0.2) is 17.8 Å². The highest BCUT2D eigenvalue weighted by Crippen LogP contribution is 1.69. The van der Waals surface area contributed by atoms with Crippen molar-refractivity contribution in [2.45, 2.75) is 6.92 Å². The first-order valence-electron chi connectivity index (χ1n) is 2.18. The number of hydrogen-bond acceptors (Lipinski definition) is 2. The molecule has 0 aromatic heterocycles. The molecule has 0 unspecified atom stereocenters. The molecule has 0 aliphatic rings. The Morgan fingerprint density at radius 2 is 2.57 bits per heavy atom. The lowest BCUT2D eigenvalue weighted by Gasteiger charge is -1.85. The van der Waals surface area contributed by atoms with Gasteiger partial charge in [0.15, 0.2) is 0 Å². The quantitative estimate of drug-likeness (QED) is 0.384. The Hall–Kier alpha value is -0.790. The molecule has 2 nitrogen and oxygen atoms in total. The summed E-state index contributed by atoms with van der Waals surface area (Å²) < 4.78 is 0. The maximum absolute atomic E-state index is 4.57. The van der Waals surface area contributed by atoms with Crippen LogP contribution in [0.1, 0.15) is 6.92 Å². The van der Waals surface area contributed by atoms with E-state index in [-0.39, 0.29) is 0 Å². The number of nitrogens with zero attached hydrogens (tertiary/aromatic N) is 1. The van der Waals surface area contributed by atoms with Crippen LogP contribution in [0, 0.1) is 0 Å². The van der Waals surface area contributed by atoms with E-state index in [9.17, 15) is 0 Å². The highest BCUT2D eigenvalue weighted by molar-refractivity contribution is 5.69. The molecule has 0 saturated heterocycles. The van der Waals surface area contributed by atoms with Crippen LogP contribution in [0.3, 0.4) is 0 Å². The third-order valence-corrected chi connectivity index (χ3v) is 0.370. The summed E-state index contributed by atoms with van der Waals surface area (Å²) in [5, 5.41) is 3.47. The van der Waals surface area contributed by atoms with E-state index in [1.165, 1.54) is 6.21 Å². The third-order valence-electron chi connectivity index (χ3n) is 0.370. The van der Waals surface area contributed by atoms with E-state index in [0.717, 1.165) is 0 Å². The SMILES string of the molecule is C=CC=NOCC. The summed E-state index contributed by atoms with van der Waals surface area (Å²) >= 11 is 0. The molecule has 0 fully saturated rings. The molecule has 0 heterocycles. The van der Waals surface area contributed by atoms with Gasteiger partial charge in [0.05, 0.1) is 6.21 Å². The van der Waals surface area contributed by atoms with E-state index in [2.05, 4.69) is 16.6 Å². The topological polar surface area (TPSA) is 21.6 Å². The molecular weight excluding hydrogens is 90.1 g/mol. The van der Waals surface area contributed by atoms with Crippen molar-refractivity contribution in [3.63, 3.8) is 0 Å². The van der Waals surface area contributed by atoms with Crippen molar-refractivity contribution in [2.75, 3.05) is 6.61 Å². The summed E-state index contributed by atoms with van der Waals surface area (Å²) in [6.45, 7) is 5.89. The first-order chi connectivity index (χ1) is 3.41. The van der Waals surface area contributed by atoms with Gasteiger partial charge in [-0.1, -0.05) is 11.7 Å². The third kappa shape index (κ3) is 5.21. The standard InChI is InChI=1S/C5H9NO/c1-3-5-6-7-4-2/h3,5H,1,4H2,2H3. The summed E-state index contributed by atoms with van der Waals surface area (Å²) in [4.78, 5) is 4.57. The molecule has 0 bridgehead atoms. The van der Waals surface area contributed by atoms with Gasteiger partial charge in [-0.15, -0.1) is 0 Å². The molecule has 40 valence electrons. The van der Waals surface area contributed by atoms with Gasteiger partial charge in [-0.25, -0.2) is 0 Å². The molecule has 0 aliphatic heterocycles. The van der Waals surface area contributed by atoms with Gasteiger partial charge in [-0.2, -0.15) is 0 Å². The smallest absolute Gasteiger partial charge is 0.114 e. The van der Waals surface area contributed by atoms with Crippen molar-refractivity contribution in [3.05, 3.63) is 12.7 Å². The Morgan fingerprint density at radius 3 is 3.00 bits per heavy atom. The molecule has 2 heteroatoms. The lowest BCUT2D eigenvalue weighted by molar-refractivity contribution is 0.160. The summed E-state index contributed by atoms with van der Waals surface area (Å²) in [5.74, 6) is 0. The second-order valence-electron chi connectivity index (χ2n) is 0.908. The molecule has 0 aromatic carbocycles. The number of allylic oxidation sites excluding steroid dienone is 1. The largest absolute Gasteiger partial charge is 0.396 e. The molecular formula is C5H9NO. The van der Waals surface area contributed by atoms with Crippen LogP contribution in [-0.2, 0) is 4.84 Å². The van der Waals surface area contributed by atoms with Crippen LogP contribution >= 0.6 is 0 Å². The maximum Gasteiger partial charge on any atom is 0.114 e. The highest BCUT2D eigenvalue weighted by Gasteiger charge is 1.62. The molecule has 0 rings (SSSR count). The number of oxime groups is 1. The predicted molar refractivity (Wildman–Crippen MR) is 30.3 cm³/mol. The Balaban J connectivity index is 2.92. The zero-order chi connectivity index (χ0) is 5.54. The molecule has 0 radical (unpaired) electrons. The summed E-state index contributed by atoms with van der Waals surface area (Å²) in [6, 6.07) is 0. The lowest BCUT2D eigenvalue weighted by Crippen LogP contribution is -1.76. The summed E-state index contributed by atoms with van der Waals surface area (Å²) in [6.07, 6.45) is 3.07. The summed E-state index contributed by atoms with van der Waals surface area (Å²) in [7, 11) is 0. The highest BCUT2D eigenvalue weighted by atomic mass is 16.6. The van der Waals surface area contributed by atoms with Gasteiger partial charge in [0.25, 0.3) is 0 Å². The Bertz CT molecular complexity index is 68.5. The lowest BCUT2D eigenvalue weighted by atomic mass is 10.7. The van der Waals surface area contributed by atoms with Crippen LogP contribution < -0.4 is 0 Å². The van der Waals surface area contributed by atoms with E-state index in [1.807, 2.05) is 6.92 Å². The van der Waals surface area contributed by atoms with Crippen LogP contribution in [0.25, 0.3) is 0 Å². The van der Waals surface area contributed by atoms with Crippen LogP contribution in [0.4, 0.5) is 0 Å². The molecule has 0 atom stereocenters. The first kappa shape index (κ1) is 6.21. The van der Waals surface area contributed by atoms with Crippen LogP contribution in [0.2, 0.25) is 0 Å². The van der Waals surface area contributed by atoms with Crippen molar-refractivity contribution in [2.24, 2.45) is 5.16 Å². The normalized spacial score (nSPS) is 9.29. The fourth-order valence-corrected chi connectivity index (χ4v) is 0.161. The molecule has 0 saturated carbocycles. The van der Waals surface area contributed by atoms with E-state index in [0.29, 0.717) is 6.61 Å². The number of rotatable bonds is 3. The fraction of sp³-hybridized carbons (Fsp3) is 0.400. The van der Waals surface area contributed by atoms with E-state index >= 15 is 0 Å². The van der Waals surface area contributed by atoms with Crippen molar-refractivity contribution in [1.29, 1.82) is 0 Å². The Kier molecular flexibility index (Phi) is 4.62. The van der Waals surface area contributed by atoms with Gasteiger partial charge < -0.3 is 4.84 Å². The minimum Gasteiger partial charge on any atom is -0.396 e. The zero-order valence-corrected chi connectivity index (χ0v) is 4.42. The van der Waals surface area contributed by atoms with Gasteiger partial charge in [0.2, 0.25) is 0 Å². The first-order valence-corrected chi connectivity index (χ1v) is 2.18. The summed E-state index contributed by atoms with van der Waals surface area (Å²) in [5.41, 5.74) is 0. The molecule has 0 amide bonds. The van der Waals surface area contributed by atoms with Crippen molar-refractivity contribution in [1.82, 2.24) is 0 Å². The molecule has 0 aromatic rings.